The van der Waals surface area contributed by atoms with Gasteiger partial charge in [-0.05, 0) is 48.6 Å². The van der Waals surface area contributed by atoms with Crippen LogP contribution in [0.3, 0.4) is 0 Å². The fraction of sp³-hybridized carbons (Fsp3) is 0.263. The molecule has 29 heavy (non-hydrogen) atoms. The van der Waals surface area contributed by atoms with Crippen molar-refractivity contribution in [2.24, 2.45) is 0 Å². The summed E-state index contributed by atoms with van der Waals surface area (Å²) in [4.78, 5) is 12.2. The topological polar surface area (TPSA) is 87.7 Å². The Morgan fingerprint density at radius 1 is 1.10 bits per heavy atom. The largest absolute Gasteiger partial charge is 0.482 e. The molecule has 0 spiro atoms. The zero-order chi connectivity index (χ0) is 21.4. The summed E-state index contributed by atoms with van der Waals surface area (Å²) in [5.41, 5.74) is 0.542. The highest BCUT2D eigenvalue weighted by Gasteiger charge is 2.21. The third-order valence-electron chi connectivity index (χ3n) is 3.90. The van der Waals surface area contributed by atoms with E-state index in [1.165, 1.54) is 16.4 Å². The van der Waals surface area contributed by atoms with Gasteiger partial charge in [0.05, 0.1) is 9.92 Å². The summed E-state index contributed by atoms with van der Waals surface area (Å²) >= 11 is 11.1. The second-order valence-electron chi connectivity index (χ2n) is 5.84. The van der Waals surface area contributed by atoms with Crippen LogP contribution in [-0.2, 0) is 14.8 Å². The van der Waals surface area contributed by atoms with E-state index >= 15 is 0 Å². The highest BCUT2D eigenvalue weighted by Crippen LogP contribution is 2.22. The Bertz CT molecular complexity index is 962. The molecule has 0 unspecified atom stereocenters. The number of anilines is 1. The minimum Gasteiger partial charge on any atom is -0.482 e. The van der Waals surface area contributed by atoms with Gasteiger partial charge in [0, 0.05) is 18.8 Å². The number of sulfonamides is 1. The molecular weight excluding hydrogens is 434 g/mol. The summed E-state index contributed by atoms with van der Waals surface area (Å²) in [7, 11) is -3.53. The summed E-state index contributed by atoms with van der Waals surface area (Å²) in [6.45, 7) is 4.10. The maximum atomic E-state index is 12.5. The van der Waals surface area contributed by atoms with Crippen LogP contribution >= 0.6 is 23.8 Å². The van der Waals surface area contributed by atoms with Crippen molar-refractivity contribution >= 4 is 50.5 Å². The first-order chi connectivity index (χ1) is 13.8. The van der Waals surface area contributed by atoms with E-state index in [0.717, 1.165) is 0 Å². The lowest BCUT2D eigenvalue weighted by Gasteiger charge is -2.18. The normalized spacial score (nSPS) is 11.2. The number of benzene rings is 2. The maximum absolute atomic E-state index is 12.5. The van der Waals surface area contributed by atoms with Crippen LogP contribution in [0.5, 0.6) is 5.75 Å². The molecule has 0 aromatic heterocycles. The molecule has 2 aromatic carbocycles. The summed E-state index contributed by atoms with van der Waals surface area (Å²) in [6, 6.07) is 12.9. The molecule has 0 radical (unpaired) electrons. The number of carbonyl (C=O) groups excluding carboxylic acids is 1. The molecule has 0 aliphatic rings. The number of hydrogen-bond donors (Lipinski definition) is 2. The summed E-state index contributed by atoms with van der Waals surface area (Å²) in [6.07, 6.45) is 0. The van der Waals surface area contributed by atoms with Gasteiger partial charge in [0.25, 0.3) is 5.91 Å². The number of carbonyl (C=O) groups is 1. The molecule has 2 rings (SSSR count). The summed E-state index contributed by atoms with van der Waals surface area (Å²) in [5.74, 6) is -0.0589. The number of thiocarbonyl (C=S) groups is 1. The Labute approximate surface area is 181 Å². The number of halogens is 1. The second-order valence-corrected chi connectivity index (χ2v) is 8.59. The Hall–Kier alpha value is -2.20. The first-order valence-corrected chi connectivity index (χ1v) is 11.1. The van der Waals surface area contributed by atoms with Gasteiger partial charge < -0.3 is 10.1 Å². The molecule has 0 saturated carbocycles. The fourth-order valence-electron chi connectivity index (χ4n) is 2.45. The molecule has 0 bridgehead atoms. The van der Waals surface area contributed by atoms with Crippen molar-refractivity contribution in [2.75, 3.05) is 25.0 Å². The van der Waals surface area contributed by atoms with Crippen molar-refractivity contribution in [2.45, 2.75) is 18.7 Å². The molecule has 7 nitrogen and oxygen atoms in total. The standard InChI is InChI=1S/C19H22ClN3O4S2/c1-3-23(4-2)29(25,26)15-11-9-14(10-12-15)21-19(28)22-18(24)13-27-17-8-6-5-7-16(17)20/h5-12H,3-4,13H2,1-2H3,(H2,21,22,24,28). The first kappa shape index (κ1) is 23.1. The first-order valence-electron chi connectivity index (χ1n) is 8.86. The number of nitrogens with one attached hydrogen (secondary N) is 2. The van der Waals surface area contributed by atoms with Crippen LogP contribution in [-0.4, -0.2) is 43.4 Å². The zero-order valence-electron chi connectivity index (χ0n) is 16.0. The molecule has 0 aliphatic heterocycles. The molecule has 10 heteroatoms. The third kappa shape index (κ3) is 6.40. The van der Waals surface area contributed by atoms with E-state index in [0.29, 0.717) is 29.5 Å². The number of amides is 1. The monoisotopic (exact) mass is 455 g/mol. The third-order valence-corrected chi connectivity index (χ3v) is 6.48. The lowest BCUT2D eigenvalue weighted by molar-refractivity contribution is -0.121. The quantitative estimate of drug-likeness (QED) is 0.594. The van der Waals surface area contributed by atoms with Crippen molar-refractivity contribution in [1.29, 1.82) is 0 Å². The lowest BCUT2D eigenvalue weighted by Crippen LogP contribution is -2.37. The van der Waals surface area contributed by atoms with Crippen LogP contribution in [0.25, 0.3) is 0 Å². The predicted molar refractivity (Wildman–Crippen MR) is 118 cm³/mol. The van der Waals surface area contributed by atoms with E-state index in [2.05, 4.69) is 10.6 Å². The van der Waals surface area contributed by atoms with Gasteiger partial charge in [0.2, 0.25) is 10.0 Å². The van der Waals surface area contributed by atoms with E-state index in [4.69, 9.17) is 28.6 Å². The molecule has 1 amide bonds. The molecule has 0 aliphatic carbocycles. The lowest BCUT2D eigenvalue weighted by atomic mass is 10.3. The van der Waals surface area contributed by atoms with Gasteiger partial charge in [-0.3, -0.25) is 10.1 Å². The van der Waals surface area contributed by atoms with Gasteiger partial charge in [-0.2, -0.15) is 4.31 Å². The Morgan fingerprint density at radius 2 is 1.72 bits per heavy atom. The zero-order valence-corrected chi connectivity index (χ0v) is 18.4. The maximum Gasteiger partial charge on any atom is 0.264 e. The van der Waals surface area contributed by atoms with Crippen molar-refractivity contribution in [3.8, 4) is 5.75 Å². The van der Waals surface area contributed by atoms with Crippen LogP contribution in [0.4, 0.5) is 5.69 Å². The molecule has 0 heterocycles. The SMILES string of the molecule is CCN(CC)S(=O)(=O)c1ccc(NC(=S)NC(=O)COc2ccccc2Cl)cc1. The van der Waals surface area contributed by atoms with Crippen LogP contribution in [0.1, 0.15) is 13.8 Å². The Balaban J connectivity index is 1.90. The molecule has 0 fully saturated rings. The van der Waals surface area contributed by atoms with Gasteiger partial charge in [-0.25, -0.2) is 8.42 Å². The number of ether oxygens (including phenoxy) is 1. The van der Waals surface area contributed by atoms with E-state index < -0.39 is 15.9 Å². The van der Waals surface area contributed by atoms with E-state index in [9.17, 15) is 13.2 Å². The Morgan fingerprint density at radius 3 is 2.31 bits per heavy atom. The molecule has 0 atom stereocenters. The van der Waals surface area contributed by atoms with E-state index in [1.807, 2.05) is 0 Å². The number of hydrogen-bond acceptors (Lipinski definition) is 5. The van der Waals surface area contributed by atoms with Gasteiger partial charge >= 0.3 is 0 Å². The molecule has 0 saturated heterocycles. The number of nitrogens with zero attached hydrogens (tertiary/aromatic N) is 1. The van der Waals surface area contributed by atoms with Gasteiger partial charge in [0.15, 0.2) is 11.7 Å². The van der Waals surface area contributed by atoms with Gasteiger partial charge in [0.1, 0.15) is 5.75 Å². The highest BCUT2D eigenvalue weighted by molar-refractivity contribution is 7.89. The van der Waals surface area contributed by atoms with Crippen LogP contribution in [0.2, 0.25) is 5.02 Å². The average Bonchev–Trinajstić information content (AvgIpc) is 2.68. The van der Waals surface area contributed by atoms with E-state index in [1.54, 1.807) is 50.2 Å². The van der Waals surface area contributed by atoms with Crippen molar-refractivity contribution in [3.63, 3.8) is 0 Å². The van der Waals surface area contributed by atoms with E-state index in [-0.39, 0.29) is 16.6 Å². The number of para-hydroxylation sites is 1. The molecule has 156 valence electrons. The van der Waals surface area contributed by atoms with Crippen molar-refractivity contribution in [1.82, 2.24) is 9.62 Å². The second kappa shape index (κ2) is 10.5. The average molecular weight is 456 g/mol. The van der Waals surface area contributed by atoms with Gasteiger partial charge in [-0.1, -0.05) is 37.6 Å². The number of rotatable bonds is 8. The van der Waals surface area contributed by atoms with Crippen LogP contribution in [0.15, 0.2) is 53.4 Å². The van der Waals surface area contributed by atoms with Gasteiger partial charge in [-0.15, -0.1) is 0 Å². The van der Waals surface area contributed by atoms with Crippen molar-refractivity contribution < 1.29 is 17.9 Å². The summed E-state index contributed by atoms with van der Waals surface area (Å²) in [5, 5.41) is 5.78. The minimum absolute atomic E-state index is 0.0668. The fourth-order valence-corrected chi connectivity index (χ4v) is 4.33. The predicted octanol–water partition coefficient (Wildman–Crippen LogP) is 3.26. The van der Waals surface area contributed by atoms with Crippen LogP contribution < -0.4 is 15.4 Å². The Kier molecular flexibility index (Phi) is 8.39. The van der Waals surface area contributed by atoms with Crippen LogP contribution in [0, 0.1) is 0 Å². The minimum atomic E-state index is -3.53. The highest BCUT2D eigenvalue weighted by atomic mass is 35.5. The van der Waals surface area contributed by atoms with Crippen molar-refractivity contribution in [3.05, 3.63) is 53.6 Å². The smallest absolute Gasteiger partial charge is 0.264 e. The molecular formula is C19H22ClN3O4S2. The molecule has 2 N–H and O–H groups in total. The molecule has 2 aromatic rings. The summed E-state index contributed by atoms with van der Waals surface area (Å²) < 4.78 is 31.7.